The van der Waals surface area contributed by atoms with Crippen molar-refractivity contribution in [2.45, 2.75) is 19.4 Å². The predicted octanol–water partition coefficient (Wildman–Crippen LogP) is 2.85. The fourth-order valence-corrected chi connectivity index (χ4v) is 4.46. The lowest BCUT2D eigenvalue weighted by atomic mass is 9.79. The van der Waals surface area contributed by atoms with Gasteiger partial charge in [-0.05, 0) is 48.9 Å². The Morgan fingerprint density at radius 3 is 2.33 bits per heavy atom. The lowest BCUT2D eigenvalue weighted by molar-refractivity contribution is -0.130. The van der Waals surface area contributed by atoms with Crippen LogP contribution < -0.4 is 10.6 Å². The number of carbonyl (C=O) groups is 2. The average Bonchev–Trinajstić information content (AvgIpc) is 3.14. The van der Waals surface area contributed by atoms with E-state index in [0.717, 1.165) is 43.7 Å². The first-order valence-electron chi connectivity index (χ1n) is 10.3. The second-order valence-electron chi connectivity index (χ2n) is 8.55. The monoisotopic (exact) mass is 410 g/mol. The van der Waals surface area contributed by atoms with Gasteiger partial charge in [0, 0.05) is 43.8 Å². The maximum absolute atomic E-state index is 12.9. The molecule has 0 radical (unpaired) electrons. The van der Waals surface area contributed by atoms with Gasteiger partial charge >= 0.3 is 6.03 Å². The van der Waals surface area contributed by atoms with E-state index in [-0.39, 0.29) is 17.8 Å². The molecule has 3 amide bonds. The maximum Gasteiger partial charge on any atom is 0.319 e. The zero-order valence-corrected chi connectivity index (χ0v) is 17.2. The van der Waals surface area contributed by atoms with E-state index < -0.39 is 0 Å². The Morgan fingerprint density at radius 2 is 1.67 bits per heavy atom. The van der Waals surface area contributed by atoms with Crippen LogP contribution in [0.25, 0.3) is 0 Å². The molecule has 7 heteroatoms. The molecule has 0 bridgehead atoms. The van der Waals surface area contributed by atoms with Crippen LogP contribution in [0.15, 0.2) is 48.5 Å². The minimum absolute atomic E-state index is 0.166. The number of carbonyl (C=O) groups excluding carboxylic acids is 2. The molecule has 0 aromatic heterocycles. The number of rotatable bonds is 5. The van der Waals surface area contributed by atoms with E-state index in [9.17, 15) is 14.0 Å². The normalized spacial score (nSPS) is 17.6. The minimum Gasteiger partial charge on any atom is -0.342 e. The molecule has 158 valence electrons. The second-order valence-corrected chi connectivity index (χ2v) is 8.55. The number of halogens is 1. The standard InChI is InChI=1S/C23H27FN4O2/c1-27-14-23(15-27)10-11-28(16-23)21(29)12-17-4-8-20(9-5-17)26-22(30)25-13-18-2-6-19(24)7-3-18/h2-9H,10-16H2,1H3,(H2,25,26,30). The molecular formula is C23H27FN4O2. The summed E-state index contributed by atoms with van der Waals surface area (Å²) in [4.78, 5) is 29.0. The van der Waals surface area contributed by atoms with Gasteiger partial charge < -0.3 is 20.4 Å². The molecule has 2 aromatic rings. The van der Waals surface area contributed by atoms with Crippen LogP contribution in [0.1, 0.15) is 17.5 Å². The molecule has 2 aromatic carbocycles. The highest BCUT2D eigenvalue weighted by Crippen LogP contribution is 2.38. The van der Waals surface area contributed by atoms with Crippen LogP contribution in [-0.2, 0) is 17.8 Å². The smallest absolute Gasteiger partial charge is 0.319 e. The van der Waals surface area contributed by atoms with Crippen molar-refractivity contribution in [3.8, 4) is 0 Å². The molecule has 2 heterocycles. The van der Waals surface area contributed by atoms with Crippen molar-refractivity contribution in [3.63, 3.8) is 0 Å². The minimum atomic E-state index is -0.337. The summed E-state index contributed by atoms with van der Waals surface area (Å²) in [6.45, 7) is 4.19. The third kappa shape index (κ3) is 4.79. The van der Waals surface area contributed by atoms with Crippen molar-refractivity contribution in [1.29, 1.82) is 0 Å². The summed E-state index contributed by atoms with van der Waals surface area (Å²) in [5.74, 6) is -0.138. The van der Waals surface area contributed by atoms with E-state index in [1.54, 1.807) is 24.3 Å². The predicted molar refractivity (Wildman–Crippen MR) is 114 cm³/mol. The molecule has 6 nitrogen and oxygen atoms in total. The van der Waals surface area contributed by atoms with Crippen molar-refractivity contribution in [3.05, 3.63) is 65.5 Å². The van der Waals surface area contributed by atoms with Crippen LogP contribution >= 0.6 is 0 Å². The first-order chi connectivity index (χ1) is 14.4. The van der Waals surface area contributed by atoms with Gasteiger partial charge in [-0.1, -0.05) is 24.3 Å². The number of hydrogen-bond acceptors (Lipinski definition) is 3. The van der Waals surface area contributed by atoms with Gasteiger partial charge in [-0.2, -0.15) is 0 Å². The third-order valence-corrected chi connectivity index (χ3v) is 5.94. The van der Waals surface area contributed by atoms with Crippen molar-refractivity contribution in [1.82, 2.24) is 15.1 Å². The van der Waals surface area contributed by atoms with E-state index in [2.05, 4.69) is 22.6 Å². The van der Waals surface area contributed by atoms with E-state index >= 15 is 0 Å². The number of urea groups is 1. The number of nitrogens with one attached hydrogen (secondary N) is 2. The molecular weight excluding hydrogens is 383 g/mol. The van der Waals surface area contributed by atoms with Gasteiger partial charge in [0.25, 0.3) is 0 Å². The fraction of sp³-hybridized carbons (Fsp3) is 0.391. The Morgan fingerprint density at radius 1 is 1.00 bits per heavy atom. The van der Waals surface area contributed by atoms with Crippen LogP contribution in [0.3, 0.4) is 0 Å². The molecule has 2 aliphatic rings. The van der Waals surface area contributed by atoms with Crippen molar-refractivity contribution >= 4 is 17.6 Å². The van der Waals surface area contributed by atoms with Crippen LogP contribution in [0.2, 0.25) is 0 Å². The van der Waals surface area contributed by atoms with Gasteiger partial charge in [-0.3, -0.25) is 4.79 Å². The Hall–Kier alpha value is -2.93. The van der Waals surface area contributed by atoms with Crippen molar-refractivity contribution in [2.24, 2.45) is 5.41 Å². The number of benzene rings is 2. The van der Waals surface area contributed by atoms with Gasteiger partial charge in [0.15, 0.2) is 0 Å². The Bertz CT molecular complexity index is 908. The summed E-state index contributed by atoms with van der Waals surface area (Å²) in [5.41, 5.74) is 2.72. The van der Waals surface area contributed by atoms with Gasteiger partial charge in [0.05, 0.1) is 6.42 Å². The Kier molecular flexibility index (Phi) is 5.72. The van der Waals surface area contributed by atoms with Crippen LogP contribution in [0, 0.1) is 11.2 Å². The number of anilines is 1. The SMILES string of the molecule is CN1CC2(CCN(C(=O)Cc3ccc(NC(=O)NCc4ccc(F)cc4)cc3)C2)C1. The molecule has 0 aliphatic carbocycles. The largest absolute Gasteiger partial charge is 0.342 e. The number of likely N-dealkylation sites (tertiary alicyclic amines) is 2. The topological polar surface area (TPSA) is 64.7 Å². The molecule has 4 rings (SSSR count). The highest BCUT2D eigenvalue weighted by atomic mass is 19.1. The number of amides is 3. The molecule has 1 spiro atoms. The molecule has 0 unspecified atom stereocenters. The van der Waals surface area contributed by atoms with Gasteiger partial charge in [-0.15, -0.1) is 0 Å². The molecule has 2 saturated heterocycles. The first kappa shape index (κ1) is 20.3. The fourth-order valence-electron chi connectivity index (χ4n) is 4.46. The zero-order chi connectivity index (χ0) is 21.1. The highest BCUT2D eigenvalue weighted by Gasteiger charge is 2.46. The summed E-state index contributed by atoms with van der Waals surface area (Å²) >= 11 is 0. The average molecular weight is 410 g/mol. The molecule has 0 atom stereocenters. The lowest BCUT2D eigenvalue weighted by Crippen LogP contribution is -2.55. The summed E-state index contributed by atoms with van der Waals surface area (Å²) in [6, 6.07) is 13.0. The maximum atomic E-state index is 12.9. The Balaban J connectivity index is 1.23. The van der Waals surface area contributed by atoms with E-state index in [4.69, 9.17) is 0 Å². The van der Waals surface area contributed by atoms with Crippen LogP contribution in [0.4, 0.5) is 14.9 Å². The van der Waals surface area contributed by atoms with E-state index in [1.807, 2.05) is 17.0 Å². The lowest BCUT2D eigenvalue weighted by Gasteiger charge is -2.46. The number of hydrogen-bond donors (Lipinski definition) is 2. The van der Waals surface area contributed by atoms with Crippen molar-refractivity contribution < 1.29 is 14.0 Å². The van der Waals surface area contributed by atoms with Crippen LogP contribution in [-0.4, -0.2) is 55.0 Å². The van der Waals surface area contributed by atoms with Crippen molar-refractivity contribution in [2.75, 3.05) is 38.5 Å². The molecule has 2 fully saturated rings. The summed E-state index contributed by atoms with van der Waals surface area (Å²) in [5, 5.41) is 5.50. The first-order valence-corrected chi connectivity index (χ1v) is 10.3. The van der Waals surface area contributed by atoms with E-state index in [0.29, 0.717) is 24.1 Å². The summed E-state index contributed by atoms with van der Waals surface area (Å²) in [7, 11) is 2.12. The third-order valence-electron chi connectivity index (χ3n) is 5.94. The highest BCUT2D eigenvalue weighted by molar-refractivity contribution is 5.89. The summed E-state index contributed by atoms with van der Waals surface area (Å²) < 4.78 is 12.9. The zero-order valence-electron chi connectivity index (χ0n) is 17.2. The Labute approximate surface area is 176 Å². The molecule has 30 heavy (non-hydrogen) atoms. The van der Waals surface area contributed by atoms with E-state index in [1.165, 1.54) is 12.1 Å². The van der Waals surface area contributed by atoms with Gasteiger partial charge in [0.2, 0.25) is 5.91 Å². The molecule has 0 saturated carbocycles. The second kappa shape index (κ2) is 8.44. The van der Waals surface area contributed by atoms with Gasteiger partial charge in [0.1, 0.15) is 5.82 Å². The van der Waals surface area contributed by atoms with Gasteiger partial charge in [-0.25, -0.2) is 9.18 Å². The quantitative estimate of drug-likeness (QED) is 0.797. The number of nitrogens with zero attached hydrogens (tertiary/aromatic N) is 2. The molecule has 2 aliphatic heterocycles. The summed E-state index contributed by atoms with van der Waals surface area (Å²) in [6.07, 6.45) is 1.47. The molecule has 2 N–H and O–H groups in total. The van der Waals surface area contributed by atoms with Crippen LogP contribution in [0.5, 0.6) is 0 Å².